The second-order valence-corrected chi connectivity index (χ2v) is 7.52. The Morgan fingerprint density at radius 1 is 1.37 bits per heavy atom. The summed E-state index contributed by atoms with van der Waals surface area (Å²) in [7, 11) is 2.11. The van der Waals surface area contributed by atoms with Crippen molar-refractivity contribution in [1.82, 2.24) is 10.2 Å². The van der Waals surface area contributed by atoms with Crippen LogP contribution in [0.5, 0.6) is 0 Å². The molecular weight excluding hydrogens is 344 g/mol. The Balaban J connectivity index is 1.67. The van der Waals surface area contributed by atoms with Crippen molar-refractivity contribution in [3.8, 4) is 0 Å². The molecule has 27 heavy (non-hydrogen) atoms. The van der Waals surface area contributed by atoms with Gasteiger partial charge in [0.2, 0.25) is 0 Å². The van der Waals surface area contributed by atoms with E-state index in [4.69, 9.17) is 0 Å². The molecule has 1 aromatic carbocycles. The Labute approximate surface area is 160 Å². The lowest BCUT2D eigenvalue weighted by Crippen LogP contribution is -2.45. The van der Waals surface area contributed by atoms with Crippen molar-refractivity contribution in [3.05, 3.63) is 29.8 Å². The standard InChI is InChI=1S/C20H28N4O3/c1-4-20(27)14(2)22-24(19(20)26)17-7-5-6-16(12-17)18(25)21-13-15-8-10-23(3)11-9-15/h5-7,12,15,27H,4,8-11,13H2,1-3H3,(H,21,25)/t20-/m1/s1. The predicted molar refractivity (Wildman–Crippen MR) is 105 cm³/mol. The molecule has 1 aromatic rings. The van der Waals surface area contributed by atoms with Gasteiger partial charge in [-0.05, 0) is 70.4 Å². The van der Waals surface area contributed by atoms with Gasteiger partial charge < -0.3 is 15.3 Å². The molecule has 7 heteroatoms. The van der Waals surface area contributed by atoms with Crippen molar-refractivity contribution < 1.29 is 14.7 Å². The summed E-state index contributed by atoms with van der Waals surface area (Å²) in [5.41, 5.74) is -0.234. The third kappa shape index (κ3) is 3.89. The van der Waals surface area contributed by atoms with Crippen LogP contribution in [0.3, 0.4) is 0 Å². The quantitative estimate of drug-likeness (QED) is 0.823. The molecule has 1 fully saturated rings. The normalized spacial score (nSPS) is 24.2. The lowest BCUT2D eigenvalue weighted by atomic mass is 9.95. The largest absolute Gasteiger partial charge is 0.374 e. The van der Waals surface area contributed by atoms with Crippen LogP contribution >= 0.6 is 0 Å². The molecular formula is C20H28N4O3. The van der Waals surface area contributed by atoms with Crippen LogP contribution in [0, 0.1) is 5.92 Å². The van der Waals surface area contributed by atoms with E-state index in [0.29, 0.717) is 29.4 Å². The Kier molecular flexibility index (Phi) is 5.62. The van der Waals surface area contributed by atoms with Crippen LogP contribution in [0.2, 0.25) is 0 Å². The number of nitrogens with zero attached hydrogens (tertiary/aromatic N) is 3. The molecule has 0 aliphatic carbocycles. The molecule has 2 heterocycles. The fraction of sp³-hybridized carbons (Fsp3) is 0.550. The maximum Gasteiger partial charge on any atom is 0.285 e. The number of benzene rings is 1. The van der Waals surface area contributed by atoms with Gasteiger partial charge in [0.1, 0.15) is 0 Å². The molecule has 146 valence electrons. The monoisotopic (exact) mass is 372 g/mol. The molecule has 2 aliphatic heterocycles. The van der Waals surface area contributed by atoms with E-state index in [1.807, 2.05) is 0 Å². The van der Waals surface area contributed by atoms with Gasteiger partial charge in [-0.2, -0.15) is 10.1 Å². The highest BCUT2D eigenvalue weighted by Crippen LogP contribution is 2.29. The molecule has 0 bridgehead atoms. The maximum atomic E-state index is 12.6. The van der Waals surface area contributed by atoms with Crippen molar-refractivity contribution in [3.63, 3.8) is 0 Å². The summed E-state index contributed by atoms with van der Waals surface area (Å²) in [5, 5.41) is 18.9. The Hall–Kier alpha value is -2.25. The molecule has 7 nitrogen and oxygen atoms in total. The van der Waals surface area contributed by atoms with Crippen LogP contribution in [0.25, 0.3) is 0 Å². The van der Waals surface area contributed by atoms with Crippen LogP contribution in [0.1, 0.15) is 43.5 Å². The second kappa shape index (κ2) is 7.78. The molecule has 0 aromatic heterocycles. The molecule has 0 spiro atoms. The van der Waals surface area contributed by atoms with E-state index in [2.05, 4.69) is 22.4 Å². The summed E-state index contributed by atoms with van der Waals surface area (Å²) >= 11 is 0. The van der Waals surface area contributed by atoms with Gasteiger partial charge in [0, 0.05) is 12.1 Å². The minimum atomic E-state index is -1.56. The number of amides is 2. The van der Waals surface area contributed by atoms with Gasteiger partial charge in [-0.15, -0.1) is 0 Å². The van der Waals surface area contributed by atoms with Crippen LogP contribution in [0.15, 0.2) is 29.4 Å². The van der Waals surface area contributed by atoms with E-state index >= 15 is 0 Å². The number of likely N-dealkylation sites (tertiary alicyclic amines) is 1. The van der Waals surface area contributed by atoms with Gasteiger partial charge in [0.05, 0.1) is 11.4 Å². The third-order valence-electron chi connectivity index (χ3n) is 5.65. The first-order chi connectivity index (χ1) is 12.8. The van der Waals surface area contributed by atoms with E-state index in [1.165, 1.54) is 5.01 Å². The zero-order valence-electron chi connectivity index (χ0n) is 16.2. The molecule has 0 saturated carbocycles. The number of rotatable bonds is 5. The van der Waals surface area contributed by atoms with Crippen molar-refractivity contribution in [2.24, 2.45) is 11.0 Å². The summed E-state index contributed by atoms with van der Waals surface area (Å²) < 4.78 is 0. The number of hydrogen-bond acceptors (Lipinski definition) is 5. The van der Waals surface area contributed by atoms with Crippen molar-refractivity contribution in [1.29, 1.82) is 0 Å². The fourth-order valence-electron chi connectivity index (χ4n) is 3.57. The highest BCUT2D eigenvalue weighted by atomic mass is 16.3. The number of hydrazone groups is 1. The molecule has 2 N–H and O–H groups in total. The van der Waals surface area contributed by atoms with Gasteiger partial charge in [0.15, 0.2) is 5.60 Å². The molecule has 1 atom stereocenters. The van der Waals surface area contributed by atoms with E-state index < -0.39 is 11.5 Å². The number of nitrogens with one attached hydrogen (secondary N) is 1. The lowest BCUT2D eigenvalue weighted by Gasteiger charge is -2.28. The Morgan fingerprint density at radius 3 is 2.70 bits per heavy atom. The molecule has 1 saturated heterocycles. The fourth-order valence-corrected chi connectivity index (χ4v) is 3.57. The summed E-state index contributed by atoms with van der Waals surface area (Å²) in [6, 6.07) is 6.79. The zero-order valence-corrected chi connectivity index (χ0v) is 16.2. The minimum absolute atomic E-state index is 0.158. The van der Waals surface area contributed by atoms with Gasteiger partial charge in [0.25, 0.3) is 11.8 Å². The van der Waals surface area contributed by atoms with Crippen LogP contribution < -0.4 is 10.3 Å². The summed E-state index contributed by atoms with van der Waals surface area (Å²) in [6.45, 7) is 6.16. The minimum Gasteiger partial charge on any atom is -0.374 e. The van der Waals surface area contributed by atoms with E-state index in [0.717, 1.165) is 25.9 Å². The Bertz CT molecular complexity index is 755. The van der Waals surface area contributed by atoms with Crippen LogP contribution in [-0.4, -0.2) is 59.8 Å². The smallest absolute Gasteiger partial charge is 0.285 e. The third-order valence-corrected chi connectivity index (χ3v) is 5.65. The highest BCUT2D eigenvalue weighted by molar-refractivity contribution is 6.21. The first-order valence-electron chi connectivity index (χ1n) is 9.54. The number of carbonyl (C=O) groups is 2. The van der Waals surface area contributed by atoms with Crippen molar-refractivity contribution in [2.45, 2.75) is 38.7 Å². The molecule has 2 aliphatic rings. The topological polar surface area (TPSA) is 85.2 Å². The molecule has 3 rings (SSSR count). The maximum absolute atomic E-state index is 12.6. The molecule has 2 amide bonds. The number of anilines is 1. The first-order valence-corrected chi connectivity index (χ1v) is 9.54. The summed E-state index contributed by atoms with van der Waals surface area (Å²) in [6.07, 6.45) is 2.43. The number of carbonyl (C=O) groups excluding carboxylic acids is 2. The number of hydrogen-bond donors (Lipinski definition) is 2. The SMILES string of the molecule is CC[C@]1(O)C(=O)N(c2cccc(C(=O)NCC3CCN(C)CC3)c2)N=C1C. The van der Waals surface area contributed by atoms with Crippen LogP contribution in [-0.2, 0) is 4.79 Å². The summed E-state index contributed by atoms with van der Waals surface area (Å²) in [5.74, 6) is -0.138. The first kappa shape index (κ1) is 19.5. The number of piperidine rings is 1. The van der Waals surface area contributed by atoms with Crippen LogP contribution in [0.4, 0.5) is 5.69 Å². The molecule has 0 radical (unpaired) electrons. The van der Waals surface area contributed by atoms with Crippen molar-refractivity contribution >= 4 is 23.2 Å². The second-order valence-electron chi connectivity index (χ2n) is 7.52. The predicted octanol–water partition coefficient (Wildman–Crippen LogP) is 1.62. The van der Waals surface area contributed by atoms with E-state index in [-0.39, 0.29) is 12.3 Å². The van der Waals surface area contributed by atoms with E-state index in [9.17, 15) is 14.7 Å². The summed E-state index contributed by atoms with van der Waals surface area (Å²) in [4.78, 5) is 27.4. The highest BCUT2D eigenvalue weighted by Gasteiger charge is 2.46. The lowest BCUT2D eigenvalue weighted by molar-refractivity contribution is -0.129. The van der Waals surface area contributed by atoms with Gasteiger partial charge in [-0.1, -0.05) is 13.0 Å². The zero-order chi connectivity index (χ0) is 19.6. The van der Waals surface area contributed by atoms with E-state index in [1.54, 1.807) is 38.1 Å². The number of aliphatic hydroxyl groups is 1. The Morgan fingerprint density at radius 2 is 2.07 bits per heavy atom. The van der Waals surface area contributed by atoms with Gasteiger partial charge in [-0.25, -0.2) is 0 Å². The van der Waals surface area contributed by atoms with Crippen molar-refractivity contribution in [2.75, 3.05) is 31.7 Å². The van der Waals surface area contributed by atoms with Gasteiger partial charge >= 0.3 is 0 Å². The average molecular weight is 372 g/mol. The molecule has 0 unspecified atom stereocenters. The average Bonchev–Trinajstić information content (AvgIpc) is 2.92. The van der Waals surface area contributed by atoms with Gasteiger partial charge in [-0.3, -0.25) is 9.59 Å².